The molecule has 2 aromatic heterocycles. The molecular weight excluding hydrogens is 446 g/mol. The van der Waals surface area contributed by atoms with E-state index in [0.717, 1.165) is 27.0 Å². The van der Waals surface area contributed by atoms with Crippen LogP contribution in [0.2, 0.25) is 0 Å². The lowest BCUT2D eigenvalue weighted by molar-refractivity contribution is 0.102. The van der Waals surface area contributed by atoms with Gasteiger partial charge in [-0.05, 0) is 62.7 Å². The molecule has 0 aliphatic carbocycles. The molecule has 152 valence electrons. The van der Waals surface area contributed by atoms with Gasteiger partial charge in [-0.2, -0.15) is 5.10 Å². The van der Waals surface area contributed by atoms with Crippen molar-refractivity contribution in [2.45, 2.75) is 20.8 Å². The van der Waals surface area contributed by atoms with Crippen LogP contribution in [0.3, 0.4) is 0 Å². The molecule has 0 aliphatic rings. The number of rotatable bonds is 5. The predicted molar refractivity (Wildman–Crippen MR) is 119 cm³/mol. The second-order valence-corrected chi connectivity index (χ2v) is 7.66. The number of hydrogen-bond acceptors (Lipinski definition) is 5. The Morgan fingerprint density at radius 3 is 2.43 bits per heavy atom. The molecule has 0 atom stereocenters. The average molecular weight is 466 g/mol. The summed E-state index contributed by atoms with van der Waals surface area (Å²) in [6.45, 7) is 6.25. The Labute approximate surface area is 182 Å². The minimum Gasteiger partial charge on any atom is -0.494 e. The Bertz CT molecular complexity index is 1220. The Kier molecular flexibility index (Phi) is 5.50. The maximum Gasteiger partial charge on any atom is 0.278 e. The molecule has 4 aromatic rings. The summed E-state index contributed by atoms with van der Waals surface area (Å²) in [5.41, 5.74) is 4.82. The van der Waals surface area contributed by atoms with Gasteiger partial charge in [0.05, 0.1) is 23.6 Å². The van der Waals surface area contributed by atoms with E-state index in [1.165, 1.54) is 0 Å². The van der Waals surface area contributed by atoms with E-state index >= 15 is 0 Å². The highest BCUT2D eigenvalue weighted by Crippen LogP contribution is 2.29. The third kappa shape index (κ3) is 3.78. The van der Waals surface area contributed by atoms with Crippen LogP contribution < -0.4 is 10.1 Å². The Morgan fingerprint density at radius 2 is 1.77 bits per heavy atom. The normalized spacial score (nSPS) is 10.9. The molecule has 0 saturated heterocycles. The first kappa shape index (κ1) is 20.0. The van der Waals surface area contributed by atoms with Crippen LogP contribution in [0.5, 0.6) is 5.75 Å². The topological polar surface area (TPSA) is 81.4 Å². The van der Waals surface area contributed by atoms with Gasteiger partial charge in [0, 0.05) is 10.2 Å². The summed E-state index contributed by atoms with van der Waals surface area (Å²) >= 11 is 3.45. The highest BCUT2D eigenvalue weighted by Gasteiger charge is 2.20. The molecule has 0 aliphatic heterocycles. The van der Waals surface area contributed by atoms with Crippen LogP contribution in [0.1, 0.15) is 28.8 Å². The molecular formula is C22H20BrN5O2. The lowest BCUT2D eigenvalue weighted by Crippen LogP contribution is -2.18. The average Bonchev–Trinajstić information content (AvgIpc) is 3.07. The van der Waals surface area contributed by atoms with Crippen LogP contribution in [0, 0.1) is 13.8 Å². The van der Waals surface area contributed by atoms with Crippen LogP contribution in [-0.4, -0.2) is 32.3 Å². The van der Waals surface area contributed by atoms with Crippen molar-refractivity contribution in [2.24, 2.45) is 0 Å². The minimum absolute atomic E-state index is 0.223. The Morgan fingerprint density at radius 1 is 1.07 bits per heavy atom. The summed E-state index contributed by atoms with van der Waals surface area (Å²) in [6, 6.07) is 15.1. The lowest BCUT2D eigenvalue weighted by Gasteiger charge is -2.09. The number of benzene rings is 2. The van der Waals surface area contributed by atoms with Crippen molar-refractivity contribution in [3.05, 3.63) is 70.1 Å². The minimum atomic E-state index is -0.343. The van der Waals surface area contributed by atoms with Gasteiger partial charge in [-0.1, -0.05) is 28.1 Å². The van der Waals surface area contributed by atoms with Crippen LogP contribution in [0.15, 0.2) is 53.0 Å². The fourth-order valence-electron chi connectivity index (χ4n) is 3.27. The molecule has 2 aromatic carbocycles. The molecule has 30 heavy (non-hydrogen) atoms. The number of ether oxygens (including phenoxy) is 1. The standard InChI is InChI=1S/C22H20BrN5O2/c1-4-30-18-11-9-17(10-12-18)24-22(29)20-14(3)28-21(26-25-20)19(13(2)27-28)15-5-7-16(23)8-6-15/h5-12H,4H2,1-3H3,(H,24,29). The highest BCUT2D eigenvalue weighted by atomic mass is 79.9. The summed E-state index contributed by atoms with van der Waals surface area (Å²) in [7, 11) is 0. The van der Waals surface area contributed by atoms with Crippen molar-refractivity contribution in [3.8, 4) is 16.9 Å². The van der Waals surface area contributed by atoms with E-state index in [2.05, 4.69) is 36.5 Å². The first-order chi connectivity index (χ1) is 14.5. The molecule has 0 bridgehead atoms. The third-order valence-corrected chi connectivity index (χ3v) is 5.24. The van der Waals surface area contributed by atoms with Crippen LogP contribution in [0.25, 0.3) is 16.8 Å². The maximum atomic E-state index is 12.8. The maximum absolute atomic E-state index is 12.8. The van der Waals surface area contributed by atoms with E-state index in [-0.39, 0.29) is 11.6 Å². The van der Waals surface area contributed by atoms with Gasteiger partial charge >= 0.3 is 0 Å². The number of aryl methyl sites for hydroxylation is 2. The fourth-order valence-corrected chi connectivity index (χ4v) is 3.53. The van der Waals surface area contributed by atoms with Crippen LogP contribution in [0.4, 0.5) is 5.69 Å². The fraction of sp³-hybridized carbons (Fsp3) is 0.182. The van der Waals surface area contributed by atoms with Gasteiger partial charge in [0.1, 0.15) is 5.75 Å². The van der Waals surface area contributed by atoms with E-state index in [4.69, 9.17) is 4.74 Å². The van der Waals surface area contributed by atoms with Gasteiger partial charge < -0.3 is 10.1 Å². The van der Waals surface area contributed by atoms with Gasteiger partial charge in [0.2, 0.25) is 0 Å². The van der Waals surface area contributed by atoms with Crippen molar-refractivity contribution >= 4 is 33.2 Å². The number of amides is 1. The number of nitrogens with one attached hydrogen (secondary N) is 1. The molecule has 8 heteroatoms. The molecule has 0 radical (unpaired) electrons. The predicted octanol–water partition coefficient (Wildman–Crippen LogP) is 4.82. The SMILES string of the molecule is CCOc1ccc(NC(=O)c2nnc3c(-c4ccc(Br)cc4)c(C)nn3c2C)cc1. The smallest absolute Gasteiger partial charge is 0.278 e. The zero-order chi connectivity index (χ0) is 21.3. The Balaban J connectivity index is 1.66. The lowest BCUT2D eigenvalue weighted by atomic mass is 10.1. The molecule has 0 unspecified atom stereocenters. The molecule has 1 amide bonds. The summed E-state index contributed by atoms with van der Waals surface area (Å²) in [5, 5.41) is 16.0. The second-order valence-electron chi connectivity index (χ2n) is 6.75. The van der Waals surface area contributed by atoms with E-state index in [1.54, 1.807) is 16.6 Å². The number of anilines is 1. The van der Waals surface area contributed by atoms with E-state index < -0.39 is 0 Å². The van der Waals surface area contributed by atoms with Crippen molar-refractivity contribution in [2.75, 3.05) is 11.9 Å². The monoisotopic (exact) mass is 465 g/mol. The molecule has 2 heterocycles. The summed E-state index contributed by atoms with van der Waals surface area (Å²) < 4.78 is 8.09. The number of carbonyl (C=O) groups excluding carboxylic acids is 1. The number of halogens is 1. The molecule has 7 nitrogen and oxygen atoms in total. The van der Waals surface area contributed by atoms with Crippen molar-refractivity contribution in [1.29, 1.82) is 0 Å². The molecule has 0 fully saturated rings. The molecule has 4 rings (SSSR count). The summed E-state index contributed by atoms with van der Waals surface area (Å²) in [6.07, 6.45) is 0. The molecule has 1 N–H and O–H groups in total. The first-order valence-electron chi connectivity index (χ1n) is 9.50. The van der Waals surface area contributed by atoms with Crippen molar-refractivity contribution < 1.29 is 9.53 Å². The van der Waals surface area contributed by atoms with Gasteiger partial charge in [0.15, 0.2) is 11.3 Å². The van der Waals surface area contributed by atoms with Crippen LogP contribution in [-0.2, 0) is 0 Å². The zero-order valence-electron chi connectivity index (χ0n) is 16.8. The first-order valence-corrected chi connectivity index (χ1v) is 10.3. The number of aromatic nitrogens is 4. The van der Waals surface area contributed by atoms with Crippen LogP contribution >= 0.6 is 15.9 Å². The van der Waals surface area contributed by atoms with Gasteiger partial charge in [-0.25, -0.2) is 4.52 Å². The zero-order valence-corrected chi connectivity index (χ0v) is 18.4. The number of carbonyl (C=O) groups is 1. The van der Waals surface area contributed by atoms with Gasteiger partial charge in [0.25, 0.3) is 5.91 Å². The number of nitrogens with zero attached hydrogens (tertiary/aromatic N) is 4. The quantitative estimate of drug-likeness (QED) is 0.456. The molecule has 0 spiro atoms. The summed E-state index contributed by atoms with van der Waals surface area (Å²) in [5.74, 6) is 0.407. The second kappa shape index (κ2) is 8.23. The third-order valence-electron chi connectivity index (χ3n) is 4.71. The van der Waals surface area contributed by atoms with Crippen molar-refractivity contribution in [1.82, 2.24) is 19.8 Å². The van der Waals surface area contributed by atoms with E-state index in [1.807, 2.05) is 57.2 Å². The largest absolute Gasteiger partial charge is 0.494 e. The van der Waals surface area contributed by atoms with Gasteiger partial charge in [-0.3, -0.25) is 4.79 Å². The van der Waals surface area contributed by atoms with Crippen molar-refractivity contribution in [3.63, 3.8) is 0 Å². The summed E-state index contributed by atoms with van der Waals surface area (Å²) in [4.78, 5) is 12.8. The van der Waals surface area contributed by atoms with E-state index in [0.29, 0.717) is 23.6 Å². The van der Waals surface area contributed by atoms with E-state index in [9.17, 15) is 4.79 Å². The van der Waals surface area contributed by atoms with Gasteiger partial charge in [-0.15, -0.1) is 10.2 Å². The number of fused-ring (bicyclic) bond motifs is 1. The highest BCUT2D eigenvalue weighted by molar-refractivity contribution is 9.10. The number of hydrogen-bond donors (Lipinski definition) is 1. The Hall–Kier alpha value is -3.26. The molecule has 0 saturated carbocycles.